The van der Waals surface area contributed by atoms with Crippen LogP contribution in [0.15, 0.2) is 6.07 Å². The lowest BCUT2D eigenvalue weighted by molar-refractivity contribution is 0.584. The zero-order valence-corrected chi connectivity index (χ0v) is 11.0. The maximum atomic E-state index is 4.75. The number of nitrogens with zero attached hydrogens (tertiary/aromatic N) is 4. The Kier molecular flexibility index (Phi) is 3.32. The van der Waals surface area contributed by atoms with Crippen LogP contribution in [-0.2, 0) is 0 Å². The van der Waals surface area contributed by atoms with E-state index in [1.165, 1.54) is 12.8 Å². The van der Waals surface area contributed by atoms with E-state index in [4.69, 9.17) is 4.98 Å². The molecule has 0 aromatic carbocycles. The van der Waals surface area contributed by atoms with Crippen molar-refractivity contribution in [1.82, 2.24) is 15.3 Å². The quantitative estimate of drug-likeness (QED) is 0.837. The van der Waals surface area contributed by atoms with Gasteiger partial charge in [-0.05, 0) is 19.8 Å². The third kappa shape index (κ3) is 2.41. The molecule has 1 aromatic heterocycles. The summed E-state index contributed by atoms with van der Waals surface area (Å²) < 4.78 is 0. The molecule has 2 saturated heterocycles. The van der Waals surface area contributed by atoms with Crippen molar-refractivity contribution in [2.24, 2.45) is 0 Å². The number of aryl methyl sites for hydroxylation is 1. The summed E-state index contributed by atoms with van der Waals surface area (Å²) in [6.45, 7) is 8.43. The molecular weight excluding hydrogens is 226 g/mol. The molecule has 2 aliphatic rings. The van der Waals surface area contributed by atoms with Crippen LogP contribution in [0.2, 0.25) is 0 Å². The molecule has 0 spiro atoms. The lowest BCUT2D eigenvalue weighted by Crippen LogP contribution is -2.44. The number of hydrogen-bond acceptors (Lipinski definition) is 5. The first-order valence-electron chi connectivity index (χ1n) is 6.89. The van der Waals surface area contributed by atoms with E-state index in [9.17, 15) is 0 Å². The minimum Gasteiger partial charge on any atom is -0.354 e. The molecule has 2 aliphatic heterocycles. The van der Waals surface area contributed by atoms with Crippen LogP contribution in [0.25, 0.3) is 0 Å². The van der Waals surface area contributed by atoms with E-state index in [-0.39, 0.29) is 0 Å². The van der Waals surface area contributed by atoms with Crippen molar-refractivity contribution >= 4 is 11.8 Å². The smallest absolute Gasteiger partial charge is 0.227 e. The van der Waals surface area contributed by atoms with Crippen LogP contribution in [0.1, 0.15) is 18.5 Å². The molecule has 18 heavy (non-hydrogen) atoms. The Balaban J connectivity index is 1.84. The van der Waals surface area contributed by atoms with E-state index < -0.39 is 0 Å². The third-order valence-electron chi connectivity index (χ3n) is 3.66. The molecular formula is C13H21N5. The Hall–Kier alpha value is -1.36. The molecule has 1 aromatic rings. The summed E-state index contributed by atoms with van der Waals surface area (Å²) in [4.78, 5) is 14.0. The van der Waals surface area contributed by atoms with Crippen LogP contribution in [0, 0.1) is 6.92 Å². The summed E-state index contributed by atoms with van der Waals surface area (Å²) in [7, 11) is 0. The van der Waals surface area contributed by atoms with Crippen molar-refractivity contribution in [3.63, 3.8) is 0 Å². The van der Waals surface area contributed by atoms with Gasteiger partial charge < -0.3 is 15.1 Å². The molecule has 0 radical (unpaired) electrons. The van der Waals surface area contributed by atoms with Gasteiger partial charge in [-0.1, -0.05) is 0 Å². The van der Waals surface area contributed by atoms with Crippen molar-refractivity contribution < 1.29 is 0 Å². The second-order valence-electron chi connectivity index (χ2n) is 5.10. The molecule has 5 nitrogen and oxygen atoms in total. The molecule has 2 fully saturated rings. The van der Waals surface area contributed by atoms with Gasteiger partial charge in [-0.25, -0.2) is 4.98 Å². The fraction of sp³-hybridized carbons (Fsp3) is 0.692. The number of anilines is 2. The van der Waals surface area contributed by atoms with Gasteiger partial charge >= 0.3 is 0 Å². The molecule has 5 heteroatoms. The normalized spacial score (nSPS) is 20.5. The van der Waals surface area contributed by atoms with Gasteiger partial charge in [0.2, 0.25) is 5.95 Å². The van der Waals surface area contributed by atoms with E-state index in [1.54, 1.807) is 0 Å². The Morgan fingerprint density at radius 3 is 2.44 bits per heavy atom. The minimum absolute atomic E-state index is 0.918. The number of aromatic nitrogens is 2. The highest BCUT2D eigenvalue weighted by Gasteiger charge is 2.18. The molecule has 0 atom stereocenters. The highest BCUT2D eigenvalue weighted by atomic mass is 15.3. The monoisotopic (exact) mass is 247 g/mol. The third-order valence-corrected chi connectivity index (χ3v) is 3.66. The SMILES string of the molecule is Cc1cc(N2CCNCC2)nc(N2CCCC2)n1. The standard InChI is InChI=1S/C13H21N5/c1-11-10-12(17-8-4-14-5-9-17)16-13(15-11)18-6-2-3-7-18/h10,14H,2-9H2,1H3. The topological polar surface area (TPSA) is 44.3 Å². The Morgan fingerprint density at radius 1 is 1.00 bits per heavy atom. The maximum absolute atomic E-state index is 4.75. The van der Waals surface area contributed by atoms with Gasteiger partial charge in [-0.3, -0.25) is 0 Å². The van der Waals surface area contributed by atoms with Crippen LogP contribution in [0.4, 0.5) is 11.8 Å². The van der Waals surface area contributed by atoms with Crippen LogP contribution >= 0.6 is 0 Å². The lowest BCUT2D eigenvalue weighted by Gasteiger charge is -2.29. The molecule has 3 rings (SSSR count). The average Bonchev–Trinajstić information content (AvgIpc) is 2.93. The van der Waals surface area contributed by atoms with E-state index in [0.29, 0.717) is 0 Å². The summed E-state index contributed by atoms with van der Waals surface area (Å²) in [5.74, 6) is 2.01. The summed E-state index contributed by atoms with van der Waals surface area (Å²) in [6.07, 6.45) is 2.53. The first-order chi connectivity index (χ1) is 8.83. The van der Waals surface area contributed by atoms with E-state index in [1.807, 2.05) is 0 Å². The highest BCUT2D eigenvalue weighted by molar-refractivity contribution is 5.46. The van der Waals surface area contributed by atoms with Crippen molar-refractivity contribution in [2.45, 2.75) is 19.8 Å². The largest absolute Gasteiger partial charge is 0.354 e. The van der Waals surface area contributed by atoms with Crippen molar-refractivity contribution in [1.29, 1.82) is 0 Å². The minimum atomic E-state index is 0.918. The zero-order valence-electron chi connectivity index (χ0n) is 11.0. The van der Waals surface area contributed by atoms with Crippen LogP contribution in [0.5, 0.6) is 0 Å². The van der Waals surface area contributed by atoms with Gasteiger partial charge in [0.05, 0.1) is 0 Å². The van der Waals surface area contributed by atoms with Gasteiger partial charge in [0, 0.05) is 51.0 Å². The first kappa shape index (κ1) is 11.7. The van der Waals surface area contributed by atoms with Crippen LogP contribution in [0.3, 0.4) is 0 Å². The van der Waals surface area contributed by atoms with Gasteiger partial charge in [-0.2, -0.15) is 4.98 Å². The van der Waals surface area contributed by atoms with Gasteiger partial charge in [-0.15, -0.1) is 0 Å². The molecule has 0 saturated carbocycles. The highest BCUT2D eigenvalue weighted by Crippen LogP contribution is 2.20. The second kappa shape index (κ2) is 5.10. The first-order valence-corrected chi connectivity index (χ1v) is 6.89. The maximum Gasteiger partial charge on any atom is 0.227 e. The molecule has 0 unspecified atom stereocenters. The number of hydrogen-bond donors (Lipinski definition) is 1. The van der Waals surface area contributed by atoms with Gasteiger partial charge in [0.1, 0.15) is 5.82 Å². The van der Waals surface area contributed by atoms with E-state index in [2.05, 4.69) is 33.1 Å². The van der Waals surface area contributed by atoms with Crippen LogP contribution in [-0.4, -0.2) is 49.2 Å². The summed E-state index contributed by atoms with van der Waals surface area (Å²) >= 11 is 0. The molecule has 0 aliphatic carbocycles. The Labute approximate surface area is 108 Å². The van der Waals surface area contributed by atoms with Crippen molar-refractivity contribution in [3.05, 3.63) is 11.8 Å². The van der Waals surface area contributed by atoms with E-state index >= 15 is 0 Å². The number of rotatable bonds is 2. The Bertz CT molecular complexity index is 408. The second-order valence-corrected chi connectivity index (χ2v) is 5.10. The molecule has 0 amide bonds. The predicted molar refractivity (Wildman–Crippen MR) is 73.3 cm³/mol. The van der Waals surface area contributed by atoms with Gasteiger partial charge in [0.25, 0.3) is 0 Å². The fourth-order valence-corrected chi connectivity index (χ4v) is 2.65. The van der Waals surface area contributed by atoms with Crippen molar-refractivity contribution in [2.75, 3.05) is 49.1 Å². The van der Waals surface area contributed by atoms with E-state index in [0.717, 1.165) is 56.7 Å². The Morgan fingerprint density at radius 2 is 1.72 bits per heavy atom. The summed E-state index contributed by atoms with van der Waals surface area (Å²) in [5, 5.41) is 3.37. The summed E-state index contributed by atoms with van der Waals surface area (Å²) in [5.41, 5.74) is 1.07. The van der Waals surface area contributed by atoms with Crippen LogP contribution < -0.4 is 15.1 Å². The molecule has 3 heterocycles. The number of piperazine rings is 1. The molecule has 1 N–H and O–H groups in total. The van der Waals surface area contributed by atoms with Crippen molar-refractivity contribution in [3.8, 4) is 0 Å². The van der Waals surface area contributed by atoms with Gasteiger partial charge in [0.15, 0.2) is 0 Å². The lowest BCUT2D eigenvalue weighted by atomic mass is 10.3. The predicted octanol–water partition coefficient (Wildman–Crippen LogP) is 0.795. The average molecular weight is 247 g/mol. The summed E-state index contributed by atoms with van der Waals surface area (Å²) in [6, 6.07) is 2.10. The zero-order chi connectivity index (χ0) is 12.4. The fourth-order valence-electron chi connectivity index (χ4n) is 2.65. The number of nitrogens with one attached hydrogen (secondary N) is 1. The molecule has 98 valence electrons. The molecule has 0 bridgehead atoms.